The lowest BCUT2D eigenvalue weighted by atomic mass is 10.1. The Morgan fingerprint density at radius 2 is 1.65 bits per heavy atom. The van der Waals surface area contributed by atoms with Crippen LogP contribution < -0.4 is 24.4 Å². The van der Waals surface area contributed by atoms with E-state index >= 15 is 0 Å². The molecule has 0 heterocycles. The SMILES string of the molecule is CCOc1ccc(C(=O)Oc2ccc(C=NNC(=O)COc3cccc4ccccc34)cc2OC)cc1. The van der Waals surface area contributed by atoms with E-state index in [2.05, 4.69) is 10.5 Å². The number of nitrogens with one attached hydrogen (secondary N) is 1. The lowest BCUT2D eigenvalue weighted by Crippen LogP contribution is -2.24. The molecule has 0 atom stereocenters. The van der Waals surface area contributed by atoms with Gasteiger partial charge in [0.15, 0.2) is 18.1 Å². The third kappa shape index (κ3) is 6.64. The lowest BCUT2D eigenvalue weighted by Gasteiger charge is -2.10. The molecule has 0 aromatic heterocycles. The number of amides is 1. The first kappa shape index (κ1) is 25.2. The molecule has 0 bridgehead atoms. The molecule has 0 unspecified atom stereocenters. The van der Waals surface area contributed by atoms with Gasteiger partial charge >= 0.3 is 5.97 Å². The summed E-state index contributed by atoms with van der Waals surface area (Å²) in [6, 6.07) is 25.1. The van der Waals surface area contributed by atoms with Crippen LogP contribution in [0.1, 0.15) is 22.8 Å². The van der Waals surface area contributed by atoms with Crippen molar-refractivity contribution in [2.75, 3.05) is 20.3 Å². The van der Waals surface area contributed by atoms with Crippen LogP contribution in [0.3, 0.4) is 0 Å². The maximum absolute atomic E-state index is 12.5. The van der Waals surface area contributed by atoms with Gasteiger partial charge in [-0.3, -0.25) is 4.79 Å². The monoisotopic (exact) mass is 498 g/mol. The Labute approximate surface area is 214 Å². The number of rotatable bonds is 10. The highest BCUT2D eigenvalue weighted by Crippen LogP contribution is 2.29. The molecule has 0 fully saturated rings. The average Bonchev–Trinajstić information content (AvgIpc) is 2.93. The van der Waals surface area contributed by atoms with Crippen LogP contribution in [0.25, 0.3) is 10.8 Å². The largest absolute Gasteiger partial charge is 0.494 e. The van der Waals surface area contributed by atoms with E-state index in [4.69, 9.17) is 18.9 Å². The zero-order valence-electron chi connectivity index (χ0n) is 20.5. The van der Waals surface area contributed by atoms with Crippen molar-refractivity contribution in [3.05, 3.63) is 96.1 Å². The number of hydrogen-bond donors (Lipinski definition) is 1. The first-order valence-corrected chi connectivity index (χ1v) is 11.6. The van der Waals surface area contributed by atoms with Gasteiger partial charge < -0.3 is 18.9 Å². The van der Waals surface area contributed by atoms with E-state index in [-0.39, 0.29) is 12.4 Å². The second-order valence-corrected chi connectivity index (χ2v) is 7.82. The fourth-order valence-corrected chi connectivity index (χ4v) is 3.54. The van der Waals surface area contributed by atoms with Gasteiger partial charge in [0.1, 0.15) is 11.5 Å². The Hall–Kier alpha value is -4.85. The maximum Gasteiger partial charge on any atom is 0.343 e. The van der Waals surface area contributed by atoms with Crippen molar-refractivity contribution < 1.29 is 28.5 Å². The number of hydrogen-bond acceptors (Lipinski definition) is 7. The van der Waals surface area contributed by atoms with Gasteiger partial charge in [0.05, 0.1) is 25.5 Å². The molecule has 8 heteroatoms. The number of carbonyl (C=O) groups is 2. The van der Waals surface area contributed by atoms with Crippen molar-refractivity contribution >= 4 is 28.9 Å². The minimum atomic E-state index is -0.527. The highest BCUT2D eigenvalue weighted by Gasteiger charge is 2.13. The quantitative estimate of drug-likeness (QED) is 0.143. The standard InChI is InChI=1S/C29H26N2O6/c1-3-35-23-14-12-22(13-15-23)29(33)37-26-16-11-20(17-27(26)34-2)18-30-31-28(32)19-36-25-10-6-8-21-7-4-5-9-24(21)25/h4-18H,3,19H2,1-2H3,(H,31,32). The maximum atomic E-state index is 12.5. The van der Waals surface area contributed by atoms with E-state index in [9.17, 15) is 9.59 Å². The predicted octanol–water partition coefficient (Wildman–Crippen LogP) is 5.00. The zero-order chi connectivity index (χ0) is 26.0. The van der Waals surface area contributed by atoms with Crippen LogP contribution in [0, 0.1) is 0 Å². The van der Waals surface area contributed by atoms with Crippen molar-refractivity contribution in [1.29, 1.82) is 0 Å². The normalized spacial score (nSPS) is 10.8. The molecule has 1 amide bonds. The summed E-state index contributed by atoms with van der Waals surface area (Å²) in [5.74, 6) is 0.961. The van der Waals surface area contributed by atoms with Crippen LogP contribution in [-0.4, -0.2) is 38.4 Å². The summed E-state index contributed by atoms with van der Waals surface area (Å²) in [6.07, 6.45) is 1.45. The van der Waals surface area contributed by atoms with E-state index in [1.807, 2.05) is 49.4 Å². The second-order valence-electron chi connectivity index (χ2n) is 7.82. The fraction of sp³-hybridized carbons (Fsp3) is 0.138. The Bertz CT molecular complexity index is 1410. The molecule has 37 heavy (non-hydrogen) atoms. The van der Waals surface area contributed by atoms with Crippen LogP contribution in [0.15, 0.2) is 90.0 Å². The van der Waals surface area contributed by atoms with Crippen LogP contribution >= 0.6 is 0 Å². The molecule has 0 radical (unpaired) electrons. The van der Waals surface area contributed by atoms with Gasteiger partial charge in [0.25, 0.3) is 5.91 Å². The van der Waals surface area contributed by atoms with E-state index in [0.29, 0.717) is 35.0 Å². The molecule has 1 N–H and O–H groups in total. The molecular weight excluding hydrogens is 472 g/mol. The molecule has 4 rings (SSSR count). The minimum absolute atomic E-state index is 0.185. The van der Waals surface area contributed by atoms with Crippen molar-refractivity contribution in [3.8, 4) is 23.0 Å². The van der Waals surface area contributed by atoms with E-state index in [1.165, 1.54) is 13.3 Å². The number of fused-ring (bicyclic) bond motifs is 1. The third-order valence-corrected chi connectivity index (χ3v) is 5.30. The van der Waals surface area contributed by atoms with Crippen LogP contribution in [0.5, 0.6) is 23.0 Å². The molecule has 0 saturated heterocycles. The topological polar surface area (TPSA) is 95.5 Å². The fourth-order valence-electron chi connectivity index (χ4n) is 3.54. The second kappa shape index (κ2) is 12.2. The van der Waals surface area contributed by atoms with Crippen LogP contribution in [0.4, 0.5) is 0 Å². The molecular formula is C29H26N2O6. The van der Waals surface area contributed by atoms with E-state index in [1.54, 1.807) is 42.5 Å². The van der Waals surface area contributed by atoms with Crippen LogP contribution in [0.2, 0.25) is 0 Å². The summed E-state index contributed by atoms with van der Waals surface area (Å²) in [5, 5.41) is 5.93. The number of methoxy groups -OCH3 is 1. The zero-order valence-corrected chi connectivity index (χ0v) is 20.5. The van der Waals surface area contributed by atoms with Gasteiger partial charge in [-0.1, -0.05) is 36.4 Å². The van der Waals surface area contributed by atoms with Crippen LogP contribution in [-0.2, 0) is 4.79 Å². The number of hydrazone groups is 1. The Balaban J connectivity index is 1.33. The van der Waals surface area contributed by atoms with Crippen molar-refractivity contribution in [2.45, 2.75) is 6.92 Å². The summed E-state index contributed by atoms with van der Waals surface area (Å²) in [6.45, 7) is 2.24. The predicted molar refractivity (Wildman–Crippen MR) is 141 cm³/mol. The highest BCUT2D eigenvalue weighted by atomic mass is 16.6. The van der Waals surface area contributed by atoms with Gasteiger partial charge in [0, 0.05) is 5.39 Å². The lowest BCUT2D eigenvalue weighted by molar-refractivity contribution is -0.123. The smallest absolute Gasteiger partial charge is 0.343 e. The molecule has 4 aromatic rings. The van der Waals surface area contributed by atoms with Crippen molar-refractivity contribution in [3.63, 3.8) is 0 Å². The summed E-state index contributed by atoms with van der Waals surface area (Å²) in [7, 11) is 1.47. The summed E-state index contributed by atoms with van der Waals surface area (Å²) >= 11 is 0. The van der Waals surface area contributed by atoms with Gasteiger partial charge in [-0.2, -0.15) is 5.10 Å². The molecule has 0 aliphatic rings. The number of benzene rings is 4. The van der Waals surface area contributed by atoms with Crippen molar-refractivity contribution in [2.24, 2.45) is 5.10 Å². The van der Waals surface area contributed by atoms with Gasteiger partial charge in [-0.05, 0) is 66.4 Å². The molecule has 0 saturated carbocycles. The third-order valence-electron chi connectivity index (χ3n) is 5.30. The van der Waals surface area contributed by atoms with E-state index in [0.717, 1.165) is 10.8 Å². The summed E-state index contributed by atoms with van der Waals surface area (Å²) < 4.78 is 21.9. The molecule has 0 spiro atoms. The van der Waals surface area contributed by atoms with Gasteiger partial charge in [0.2, 0.25) is 0 Å². The highest BCUT2D eigenvalue weighted by molar-refractivity contribution is 5.92. The molecule has 188 valence electrons. The summed E-state index contributed by atoms with van der Waals surface area (Å²) in [4.78, 5) is 24.7. The number of nitrogens with zero attached hydrogens (tertiary/aromatic N) is 1. The van der Waals surface area contributed by atoms with Gasteiger partial charge in [-0.25, -0.2) is 10.2 Å². The molecule has 4 aromatic carbocycles. The summed E-state index contributed by atoms with van der Waals surface area (Å²) in [5.41, 5.74) is 3.45. The number of carbonyl (C=O) groups excluding carboxylic acids is 2. The Morgan fingerprint density at radius 3 is 2.43 bits per heavy atom. The minimum Gasteiger partial charge on any atom is -0.494 e. The number of esters is 1. The van der Waals surface area contributed by atoms with Crippen molar-refractivity contribution in [1.82, 2.24) is 5.43 Å². The molecule has 0 aliphatic heterocycles. The molecule has 8 nitrogen and oxygen atoms in total. The number of ether oxygens (including phenoxy) is 4. The average molecular weight is 499 g/mol. The Morgan fingerprint density at radius 1 is 0.865 bits per heavy atom. The Kier molecular flexibility index (Phi) is 8.33. The first-order valence-electron chi connectivity index (χ1n) is 11.6. The van der Waals surface area contributed by atoms with E-state index < -0.39 is 11.9 Å². The molecule has 0 aliphatic carbocycles. The van der Waals surface area contributed by atoms with Gasteiger partial charge in [-0.15, -0.1) is 0 Å². The first-order chi connectivity index (χ1) is 18.1.